The Labute approximate surface area is 149 Å². The summed E-state index contributed by atoms with van der Waals surface area (Å²) in [6.07, 6.45) is 5.45. The lowest BCUT2D eigenvalue weighted by Gasteiger charge is -2.18. The number of hydrogen-bond donors (Lipinski definition) is 0. The molecule has 1 aliphatic carbocycles. The van der Waals surface area contributed by atoms with E-state index in [-0.39, 0.29) is 0 Å². The Morgan fingerprint density at radius 3 is 2.08 bits per heavy atom. The Morgan fingerprint density at radius 2 is 1.48 bits per heavy atom. The highest BCUT2D eigenvalue weighted by Gasteiger charge is 2.21. The van der Waals surface area contributed by atoms with Gasteiger partial charge in [0.05, 0.1) is 28.4 Å². The molecule has 1 aliphatic rings. The molecule has 0 fully saturated rings. The minimum absolute atomic E-state index is 0.600. The van der Waals surface area contributed by atoms with Crippen molar-refractivity contribution in [1.29, 1.82) is 0 Å². The quantitative estimate of drug-likeness (QED) is 0.804. The highest BCUT2D eigenvalue weighted by molar-refractivity contribution is 5.86. The number of benzene rings is 2. The van der Waals surface area contributed by atoms with Crippen molar-refractivity contribution < 1.29 is 18.9 Å². The van der Waals surface area contributed by atoms with Crippen LogP contribution in [-0.4, -0.2) is 28.4 Å². The Morgan fingerprint density at radius 1 is 0.800 bits per heavy atom. The third-order valence-corrected chi connectivity index (χ3v) is 4.58. The zero-order valence-corrected chi connectivity index (χ0v) is 15.2. The van der Waals surface area contributed by atoms with Crippen LogP contribution in [0.2, 0.25) is 0 Å². The molecular formula is C21H24O4. The van der Waals surface area contributed by atoms with Crippen LogP contribution in [-0.2, 0) is 6.42 Å². The van der Waals surface area contributed by atoms with Crippen LogP contribution < -0.4 is 18.9 Å². The lowest BCUT2D eigenvalue weighted by Crippen LogP contribution is -2.00. The highest BCUT2D eigenvalue weighted by Crippen LogP contribution is 2.44. The number of methoxy groups -OCH3 is 4. The summed E-state index contributed by atoms with van der Waals surface area (Å²) in [5, 5.41) is 0. The summed E-state index contributed by atoms with van der Waals surface area (Å²) in [7, 11) is 6.60. The number of hydrogen-bond acceptors (Lipinski definition) is 4. The lowest BCUT2D eigenvalue weighted by molar-refractivity contribution is 0.324. The highest BCUT2D eigenvalue weighted by atomic mass is 16.5. The van der Waals surface area contributed by atoms with Gasteiger partial charge in [-0.1, -0.05) is 18.2 Å². The van der Waals surface area contributed by atoms with Crippen molar-refractivity contribution in [1.82, 2.24) is 0 Å². The molecule has 2 aromatic carbocycles. The van der Waals surface area contributed by atoms with Crippen molar-refractivity contribution >= 4 is 5.57 Å². The topological polar surface area (TPSA) is 36.9 Å². The van der Waals surface area contributed by atoms with Crippen molar-refractivity contribution in [3.8, 4) is 23.0 Å². The summed E-state index contributed by atoms with van der Waals surface area (Å²) in [6, 6.07) is 10.2. The molecule has 4 heteroatoms. The van der Waals surface area contributed by atoms with Gasteiger partial charge in [0.25, 0.3) is 0 Å². The Kier molecular flexibility index (Phi) is 5.17. The normalized spacial score (nSPS) is 13.4. The van der Waals surface area contributed by atoms with E-state index in [1.165, 1.54) is 5.56 Å². The molecule has 0 aromatic heterocycles. The van der Waals surface area contributed by atoms with Crippen molar-refractivity contribution in [2.45, 2.75) is 19.3 Å². The zero-order chi connectivity index (χ0) is 17.8. The second-order valence-corrected chi connectivity index (χ2v) is 5.92. The van der Waals surface area contributed by atoms with E-state index in [1.54, 1.807) is 28.4 Å². The summed E-state index contributed by atoms with van der Waals surface area (Å²) in [5.74, 6) is 2.79. The fourth-order valence-corrected chi connectivity index (χ4v) is 3.40. The predicted molar refractivity (Wildman–Crippen MR) is 99.1 cm³/mol. The van der Waals surface area contributed by atoms with Crippen LogP contribution in [0.5, 0.6) is 23.0 Å². The SMILES string of the molecule is COc1cc(C2=CCCCc3cccc(OC)c32)cc(OC)c1OC. The molecule has 0 bridgehead atoms. The van der Waals surface area contributed by atoms with E-state index in [1.807, 2.05) is 18.2 Å². The van der Waals surface area contributed by atoms with Gasteiger partial charge < -0.3 is 18.9 Å². The lowest BCUT2D eigenvalue weighted by atomic mass is 9.92. The van der Waals surface area contributed by atoms with Gasteiger partial charge in [0.2, 0.25) is 5.75 Å². The predicted octanol–water partition coefficient (Wildman–Crippen LogP) is 4.49. The molecular weight excluding hydrogens is 316 g/mol. The molecule has 4 nitrogen and oxygen atoms in total. The molecule has 0 amide bonds. The third kappa shape index (κ3) is 3.16. The van der Waals surface area contributed by atoms with Gasteiger partial charge in [0, 0.05) is 5.56 Å². The van der Waals surface area contributed by atoms with Gasteiger partial charge in [0.1, 0.15) is 5.75 Å². The first-order valence-corrected chi connectivity index (χ1v) is 8.40. The molecule has 0 saturated carbocycles. The molecule has 0 spiro atoms. The minimum Gasteiger partial charge on any atom is -0.496 e. The van der Waals surface area contributed by atoms with Crippen molar-refractivity contribution in [2.24, 2.45) is 0 Å². The van der Waals surface area contributed by atoms with E-state index in [9.17, 15) is 0 Å². The van der Waals surface area contributed by atoms with Crippen molar-refractivity contribution in [3.63, 3.8) is 0 Å². The van der Waals surface area contributed by atoms with Crippen LogP contribution >= 0.6 is 0 Å². The van der Waals surface area contributed by atoms with E-state index >= 15 is 0 Å². The Bertz CT molecular complexity index is 767. The maximum absolute atomic E-state index is 5.65. The van der Waals surface area contributed by atoms with E-state index < -0.39 is 0 Å². The summed E-state index contributed by atoms with van der Waals surface area (Å²) in [4.78, 5) is 0. The molecule has 0 radical (unpaired) electrons. The maximum Gasteiger partial charge on any atom is 0.203 e. The second kappa shape index (κ2) is 7.51. The van der Waals surface area contributed by atoms with Crippen LogP contribution in [0.3, 0.4) is 0 Å². The van der Waals surface area contributed by atoms with E-state index in [4.69, 9.17) is 18.9 Å². The number of aryl methyl sites for hydroxylation is 1. The molecule has 0 saturated heterocycles. The average molecular weight is 340 g/mol. The Hall–Kier alpha value is -2.62. The van der Waals surface area contributed by atoms with Gasteiger partial charge in [-0.25, -0.2) is 0 Å². The monoisotopic (exact) mass is 340 g/mol. The molecule has 0 heterocycles. The van der Waals surface area contributed by atoms with Gasteiger partial charge in [-0.05, 0) is 54.2 Å². The zero-order valence-electron chi connectivity index (χ0n) is 15.2. The first-order valence-electron chi connectivity index (χ1n) is 8.40. The largest absolute Gasteiger partial charge is 0.496 e. The molecule has 0 aliphatic heterocycles. The van der Waals surface area contributed by atoms with E-state index in [0.29, 0.717) is 17.2 Å². The van der Waals surface area contributed by atoms with Gasteiger partial charge in [-0.3, -0.25) is 0 Å². The number of ether oxygens (including phenoxy) is 4. The second-order valence-electron chi connectivity index (χ2n) is 5.92. The fraction of sp³-hybridized carbons (Fsp3) is 0.333. The van der Waals surface area contributed by atoms with E-state index in [0.717, 1.165) is 41.7 Å². The summed E-state index contributed by atoms with van der Waals surface area (Å²) in [5.41, 5.74) is 4.62. The molecule has 2 aromatic rings. The van der Waals surface area contributed by atoms with Crippen LogP contribution in [0, 0.1) is 0 Å². The third-order valence-electron chi connectivity index (χ3n) is 4.58. The van der Waals surface area contributed by atoms with Crippen LogP contribution in [0.25, 0.3) is 5.57 Å². The molecule has 3 rings (SSSR count). The first kappa shape index (κ1) is 17.2. The molecule has 0 N–H and O–H groups in total. The molecule has 0 atom stereocenters. The van der Waals surface area contributed by atoms with E-state index in [2.05, 4.69) is 18.2 Å². The number of rotatable bonds is 5. The first-order chi connectivity index (χ1) is 12.2. The fourth-order valence-electron chi connectivity index (χ4n) is 3.40. The van der Waals surface area contributed by atoms with Crippen LogP contribution in [0.1, 0.15) is 29.5 Å². The van der Waals surface area contributed by atoms with Crippen molar-refractivity contribution in [2.75, 3.05) is 28.4 Å². The molecule has 25 heavy (non-hydrogen) atoms. The minimum atomic E-state index is 0.600. The van der Waals surface area contributed by atoms with Gasteiger partial charge in [-0.15, -0.1) is 0 Å². The van der Waals surface area contributed by atoms with Crippen LogP contribution in [0.4, 0.5) is 0 Å². The average Bonchev–Trinajstić information content (AvgIpc) is 2.89. The number of fused-ring (bicyclic) bond motifs is 1. The van der Waals surface area contributed by atoms with Gasteiger partial charge in [-0.2, -0.15) is 0 Å². The summed E-state index contributed by atoms with van der Waals surface area (Å²) in [6.45, 7) is 0. The smallest absolute Gasteiger partial charge is 0.203 e. The maximum atomic E-state index is 5.65. The number of allylic oxidation sites excluding steroid dienone is 1. The molecule has 0 unspecified atom stereocenters. The molecule has 132 valence electrons. The summed E-state index contributed by atoms with van der Waals surface area (Å²) >= 11 is 0. The summed E-state index contributed by atoms with van der Waals surface area (Å²) < 4.78 is 22.1. The van der Waals surface area contributed by atoms with Gasteiger partial charge >= 0.3 is 0 Å². The van der Waals surface area contributed by atoms with Crippen LogP contribution in [0.15, 0.2) is 36.4 Å². The Balaban J connectivity index is 2.22. The van der Waals surface area contributed by atoms with Crippen molar-refractivity contribution in [3.05, 3.63) is 53.1 Å². The standard InChI is InChI=1S/C21H24O4/c1-22-17-11-7-9-14-8-5-6-10-16(20(14)17)15-12-18(23-2)21(25-4)19(13-15)24-3/h7,9-13H,5-6,8H2,1-4H3. The van der Waals surface area contributed by atoms with Gasteiger partial charge in [0.15, 0.2) is 11.5 Å².